The predicted molar refractivity (Wildman–Crippen MR) is 93.3 cm³/mol. The molecule has 1 aromatic carbocycles. The molecular formula is C15H16BrN3O4S. The van der Waals surface area contributed by atoms with E-state index in [4.69, 9.17) is 0 Å². The summed E-state index contributed by atoms with van der Waals surface area (Å²) < 4.78 is 24.0. The number of nitrogens with zero attached hydrogens (tertiary/aromatic N) is 2. The summed E-state index contributed by atoms with van der Waals surface area (Å²) in [6.07, 6.45) is 0.758. The van der Waals surface area contributed by atoms with Crippen LogP contribution >= 0.6 is 15.9 Å². The van der Waals surface area contributed by atoms with Crippen molar-refractivity contribution in [3.63, 3.8) is 0 Å². The van der Waals surface area contributed by atoms with Crippen LogP contribution in [0.4, 0.5) is 5.69 Å². The smallest absolute Gasteiger partial charge is 0.271 e. The molecule has 1 saturated heterocycles. The summed E-state index contributed by atoms with van der Waals surface area (Å²) in [5, 5.41) is 8.06. The molecule has 1 N–H and O–H groups in total. The second-order valence-electron chi connectivity index (χ2n) is 5.81. The Labute approximate surface area is 148 Å². The highest BCUT2D eigenvalue weighted by Crippen LogP contribution is 2.23. The van der Waals surface area contributed by atoms with E-state index in [1.807, 2.05) is 6.07 Å². The number of carbonyl (C=O) groups is 2. The lowest BCUT2D eigenvalue weighted by atomic mass is 10.1. The second kappa shape index (κ2) is 6.64. The molecule has 0 unspecified atom stereocenters. The van der Waals surface area contributed by atoms with Gasteiger partial charge in [0, 0.05) is 23.0 Å². The summed E-state index contributed by atoms with van der Waals surface area (Å²) in [4.78, 5) is 24.4. The summed E-state index contributed by atoms with van der Waals surface area (Å²) in [5.41, 5.74) is 0.850. The molecule has 0 aromatic heterocycles. The van der Waals surface area contributed by atoms with Crippen LogP contribution in [0.2, 0.25) is 0 Å². The molecule has 0 spiro atoms. The fourth-order valence-corrected chi connectivity index (χ4v) is 4.85. The van der Waals surface area contributed by atoms with Crippen LogP contribution in [0, 0.1) is 0 Å². The lowest BCUT2D eigenvalue weighted by Crippen LogP contribution is -2.42. The second-order valence-corrected chi connectivity index (χ2v) is 8.95. The van der Waals surface area contributed by atoms with Gasteiger partial charge in [0.2, 0.25) is 5.91 Å². The maximum absolute atomic E-state index is 12.4. The third-order valence-electron chi connectivity index (χ3n) is 3.96. The van der Waals surface area contributed by atoms with E-state index in [2.05, 4.69) is 26.3 Å². The number of carbonyl (C=O) groups excluding carboxylic acids is 2. The van der Waals surface area contributed by atoms with E-state index in [1.165, 1.54) is 5.01 Å². The Morgan fingerprint density at radius 2 is 2.12 bits per heavy atom. The van der Waals surface area contributed by atoms with Crippen LogP contribution in [-0.2, 0) is 19.4 Å². The van der Waals surface area contributed by atoms with Crippen LogP contribution in [0.5, 0.6) is 0 Å². The topological polar surface area (TPSA) is 95.9 Å². The Bertz CT molecular complexity index is 822. The Morgan fingerprint density at radius 3 is 2.79 bits per heavy atom. The van der Waals surface area contributed by atoms with Crippen molar-refractivity contribution >= 4 is 49.0 Å². The van der Waals surface area contributed by atoms with Gasteiger partial charge in [-0.15, -0.1) is 0 Å². The normalized spacial score (nSPS) is 23.0. The van der Waals surface area contributed by atoms with Crippen molar-refractivity contribution in [2.75, 3.05) is 16.8 Å². The SMILES string of the molecule is O=C(Nc1cccc(Br)c1)C1=NN([C@@H]2CCS(=O)(=O)C2)C(=O)CC1. The highest BCUT2D eigenvalue weighted by molar-refractivity contribution is 9.10. The molecule has 7 nitrogen and oxygen atoms in total. The van der Waals surface area contributed by atoms with Gasteiger partial charge in [-0.05, 0) is 24.6 Å². The number of halogens is 1. The summed E-state index contributed by atoms with van der Waals surface area (Å²) >= 11 is 3.33. The van der Waals surface area contributed by atoms with Crippen molar-refractivity contribution in [2.45, 2.75) is 25.3 Å². The van der Waals surface area contributed by atoms with Gasteiger partial charge in [-0.2, -0.15) is 5.10 Å². The third-order valence-corrected chi connectivity index (χ3v) is 6.20. The summed E-state index contributed by atoms with van der Waals surface area (Å²) in [6, 6.07) is 6.67. The number of rotatable bonds is 3. The predicted octanol–water partition coefficient (Wildman–Crippen LogP) is 1.55. The first-order valence-corrected chi connectivity index (χ1v) is 10.1. The molecule has 0 bridgehead atoms. The monoisotopic (exact) mass is 413 g/mol. The minimum atomic E-state index is -3.13. The van der Waals surface area contributed by atoms with E-state index in [0.29, 0.717) is 12.1 Å². The van der Waals surface area contributed by atoms with Gasteiger partial charge in [0.05, 0.1) is 17.5 Å². The molecule has 2 aliphatic rings. The summed E-state index contributed by atoms with van der Waals surface area (Å²) in [7, 11) is -3.13. The zero-order valence-corrected chi connectivity index (χ0v) is 15.1. The zero-order chi connectivity index (χ0) is 17.3. The molecule has 2 heterocycles. The van der Waals surface area contributed by atoms with Gasteiger partial charge in [0.25, 0.3) is 5.91 Å². The highest BCUT2D eigenvalue weighted by Gasteiger charge is 2.37. The van der Waals surface area contributed by atoms with Gasteiger partial charge in [-0.3, -0.25) is 9.59 Å². The van der Waals surface area contributed by atoms with Gasteiger partial charge < -0.3 is 5.32 Å². The van der Waals surface area contributed by atoms with Crippen LogP contribution < -0.4 is 5.32 Å². The molecule has 1 fully saturated rings. The van der Waals surface area contributed by atoms with Crippen LogP contribution in [0.25, 0.3) is 0 Å². The average Bonchev–Trinajstić information content (AvgIpc) is 2.87. The number of nitrogens with one attached hydrogen (secondary N) is 1. The summed E-state index contributed by atoms with van der Waals surface area (Å²) in [6.45, 7) is 0. The standard InChI is InChI=1S/C15H16BrN3O4S/c16-10-2-1-3-11(8-10)17-15(21)13-4-5-14(20)19(18-13)12-6-7-24(22,23)9-12/h1-3,8,12H,4-7,9H2,(H,17,21)/t12-/m1/s1. The van der Waals surface area contributed by atoms with E-state index in [-0.39, 0.29) is 41.9 Å². The molecule has 9 heteroatoms. The van der Waals surface area contributed by atoms with E-state index in [9.17, 15) is 18.0 Å². The van der Waals surface area contributed by atoms with Gasteiger partial charge >= 0.3 is 0 Å². The van der Waals surface area contributed by atoms with Crippen LogP contribution in [0.1, 0.15) is 19.3 Å². The molecule has 2 aliphatic heterocycles. The minimum absolute atomic E-state index is 0.0521. The van der Waals surface area contributed by atoms with E-state index in [0.717, 1.165) is 4.47 Å². The first-order valence-electron chi connectivity index (χ1n) is 7.51. The van der Waals surface area contributed by atoms with Crippen LogP contribution in [-0.4, -0.2) is 48.5 Å². The molecule has 1 atom stereocenters. The number of benzene rings is 1. The summed E-state index contributed by atoms with van der Waals surface area (Å²) in [5.74, 6) is -0.665. The number of anilines is 1. The molecule has 24 heavy (non-hydrogen) atoms. The molecule has 0 saturated carbocycles. The molecular weight excluding hydrogens is 398 g/mol. The highest BCUT2D eigenvalue weighted by atomic mass is 79.9. The lowest BCUT2D eigenvalue weighted by Gasteiger charge is -2.27. The molecule has 0 aliphatic carbocycles. The van der Waals surface area contributed by atoms with E-state index >= 15 is 0 Å². The molecule has 128 valence electrons. The molecule has 0 radical (unpaired) electrons. The van der Waals surface area contributed by atoms with Crippen molar-refractivity contribution < 1.29 is 18.0 Å². The number of hydrogen-bond donors (Lipinski definition) is 1. The Hall–Kier alpha value is -1.74. The van der Waals surface area contributed by atoms with Crippen molar-refractivity contribution in [1.82, 2.24) is 5.01 Å². The maximum atomic E-state index is 12.4. The van der Waals surface area contributed by atoms with Crippen molar-refractivity contribution in [2.24, 2.45) is 5.10 Å². The average molecular weight is 414 g/mol. The molecule has 1 aromatic rings. The number of hydrogen-bond acceptors (Lipinski definition) is 5. The minimum Gasteiger partial charge on any atom is -0.321 e. The number of amides is 2. The van der Waals surface area contributed by atoms with Crippen molar-refractivity contribution in [3.8, 4) is 0 Å². The van der Waals surface area contributed by atoms with Gasteiger partial charge in [0.15, 0.2) is 9.84 Å². The largest absolute Gasteiger partial charge is 0.321 e. The maximum Gasteiger partial charge on any atom is 0.271 e. The van der Waals surface area contributed by atoms with Crippen LogP contribution in [0.15, 0.2) is 33.8 Å². The first-order chi connectivity index (χ1) is 11.3. The van der Waals surface area contributed by atoms with Gasteiger partial charge in [0.1, 0.15) is 5.71 Å². The Kier molecular flexibility index (Phi) is 4.73. The fourth-order valence-electron chi connectivity index (χ4n) is 2.76. The molecule has 3 rings (SSSR count). The van der Waals surface area contributed by atoms with Gasteiger partial charge in [-0.25, -0.2) is 13.4 Å². The Morgan fingerprint density at radius 1 is 1.33 bits per heavy atom. The van der Waals surface area contributed by atoms with E-state index < -0.39 is 15.9 Å². The lowest BCUT2D eigenvalue weighted by molar-refractivity contribution is -0.133. The van der Waals surface area contributed by atoms with Crippen molar-refractivity contribution in [1.29, 1.82) is 0 Å². The first kappa shape index (κ1) is 17.1. The number of hydrazone groups is 1. The fraction of sp³-hybridized carbons (Fsp3) is 0.400. The van der Waals surface area contributed by atoms with Crippen LogP contribution in [0.3, 0.4) is 0 Å². The third kappa shape index (κ3) is 3.84. The number of sulfone groups is 1. The molecule has 2 amide bonds. The van der Waals surface area contributed by atoms with E-state index in [1.54, 1.807) is 18.2 Å². The van der Waals surface area contributed by atoms with Crippen molar-refractivity contribution in [3.05, 3.63) is 28.7 Å². The van der Waals surface area contributed by atoms with Gasteiger partial charge in [-0.1, -0.05) is 22.0 Å². The quantitative estimate of drug-likeness (QED) is 0.812. The Balaban J connectivity index is 1.76. The zero-order valence-electron chi connectivity index (χ0n) is 12.7.